The predicted octanol–water partition coefficient (Wildman–Crippen LogP) is 2.12. The van der Waals surface area contributed by atoms with Gasteiger partial charge in [-0.3, -0.25) is 14.6 Å². The summed E-state index contributed by atoms with van der Waals surface area (Å²) >= 11 is 2.25. The largest absolute Gasteiger partial charge is 0.349 e. The van der Waals surface area contributed by atoms with Gasteiger partial charge in [0.05, 0.1) is 21.5 Å². The van der Waals surface area contributed by atoms with Gasteiger partial charge in [-0.1, -0.05) is 30.3 Å². The summed E-state index contributed by atoms with van der Waals surface area (Å²) in [7, 11) is 0. The van der Waals surface area contributed by atoms with Crippen molar-refractivity contribution in [2.75, 3.05) is 5.75 Å². The first kappa shape index (κ1) is 18.0. The summed E-state index contributed by atoms with van der Waals surface area (Å²) in [5, 5.41) is 12.2. The van der Waals surface area contributed by atoms with Crippen molar-refractivity contribution in [2.45, 2.75) is 17.2 Å². The second-order valence-corrected chi connectivity index (χ2v) is 7.74. The molecule has 3 N–H and O–H groups in total. The maximum Gasteiger partial charge on any atom is 0.326 e. The Kier molecular flexibility index (Phi) is 5.25. The molecule has 0 fully saturated rings. The van der Waals surface area contributed by atoms with Gasteiger partial charge in [0.25, 0.3) is 5.56 Å². The van der Waals surface area contributed by atoms with Gasteiger partial charge in [0.15, 0.2) is 0 Å². The van der Waals surface area contributed by atoms with E-state index in [-0.39, 0.29) is 33.5 Å². The Balaban J connectivity index is 1.75. The molecule has 0 aliphatic rings. The van der Waals surface area contributed by atoms with Crippen LogP contribution in [0.3, 0.4) is 0 Å². The third-order valence-electron chi connectivity index (χ3n) is 3.67. The maximum absolute atomic E-state index is 12.2. The number of H-pyrrole nitrogens is 2. The number of nitrogens with zero attached hydrogens (tertiary/aromatic N) is 1. The molecule has 9 heteroatoms. The second kappa shape index (κ2) is 7.59. The number of hydrogen-bond acceptors (Lipinski definition) is 6. The van der Waals surface area contributed by atoms with E-state index < -0.39 is 11.2 Å². The zero-order chi connectivity index (χ0) is 18.7. The van der Waals surface area contributed by atoms with Crippen molar-refractivity contribution in [2.24, 2.45) is 0 Å². The smallest absolute Gasteiger partial charge is 0.326 e. The highest BCUT2D eigenvalue weighted by atomic mass is 32.2. The number of benzene rings is 1. The van der Waals surface area contributed by atoms with Crippen molar-refractivity contribution < 1.29 is 4.79 Å². The van der Waals surface area contributed by atoms with Gasteiger partial charge in [-0.05, 0) is 12.5 Å². The molecule has 26 heavy (non-hydrogen) atoms. The molecule has 2 aromatic heterocycles. The van der Waals surface area contributed by atoms with Crippen LogP contribution in [0.1, 0.15) is 24.1 Å². The molecule has 132 valence electrons. The van der Waals surface area contributed by atoms with Gasteiger partial charge >= 0.3 is 5.69 Å². The summed E-state index contributed by atoms with van der Waals surface area (Å²) in [5.74, 6) is -0.0871. The molecule has 1 aromatic carbocycles. The molecule has 1 atom stereocenters. The van der Waals surface area contributed by atoms with Crippen LogP contribution in [-0.2, 0) is 4.79 Å². The maximum atomic E-state index is 12.2. The number of carbonyl (C=O) groups is 1. The highest BCUT2D eigenvalue weighted by Crippen LogP contribution is 2.34. The molecule has 2 heterocycles. The van der Waals surface area contributed by atoms with Gasteiger partial charge in [-0.2, -0.15) is 5.26 Å². The van der Waals surface area contributed by atoms with Crippen molar-refractivity contribution in [3.05, 3.63) is 62.3 Å². The zero-order valence-corrected chi connectivity index (χ0v) is 15.3. The molecule has 0 aliphatic heterocycles. The van der Waals surface area contributed by atoms with Crippen LogP contribution in [0.5, 0.6) is 0 Å². The number of thioether (sulfide) groups is 1. The SMILES string of the molecule is C[C@H](NC(=O)CSc1sc2c(=O)[nH]c(=O)[nH]c2c1C#N)c1ccccc1. The Bertz CT molecular complexity index is 1110. The molecule has 0 unspecified atom stereocenters. The Morgan fingerprint density at radius 1 is 1.31 bits per heavy atom. The quantitative estimate of drug-likeness (QED) is 0.581. The number of hydrogen-bond donors (Lipinski definition) is 3. The molecular weight excluding hydrogens is 372 g/mol. The normalized spacial score (nSPS) is 11.8. The molecule has 3 aromatic rings. The summed E-state index contributed by atoms with van der Waals surface area (Å²) in [5.41, 5.74) is 0.213. The lowest BCUT2D eigenvalue weighted by Crippen LogP contribution is -2.28. The molecule has 0 spiro atoms. The van der Waals surface area contributed by atoms with Crippen LogP contribution in [0.25, 0.3) is 10.2 Å². The average Bonchev–Trinajstić information content (AvgIpc) is 2.98. The van der Waals surface area contributed by atoms with Crippen LogP contribution in [0.2, 0.25) is 0 Å². The summed E-state index contributed by atoms with van der Waals surface area (Å²) in [6.07, 6.45) is 0. The van der Waals surface area contributed by atoms with Crippen molar-refractivity contribution in [1.29, 1.82) is 5.26 Å². The highest BCUT2D eigenvalue weighted by Gasteiger charge is 2.18. The van der Waals surface area contributed by atoms with Crippen LogP contribution in [-0.4, -0.2) is 21.6 Å². The number of amides is 1. The zero-order valence-electron chi connectivity index (χ0n) is 13.7. The Hall–Kier alpha value is -2.83. The third kappa shape index (κ3) is 3.71. The van der Waals surface area contributed by atoms with Gasteiger partial charge in [0.2, 0.25) is 5.91 Å². The van der Waals surface area contributed by atoms with E-state index in [1.807, 2.05) is 43.3 Å². The lowest BCUT2D eigenvalue weighted by Gasteiger charge is -2.13. The van der Waals surface area contributed by atoms with E-state index in [1.54, 1.807) is 0 Å². The Morgan fingerprint density at radius 3 is 2.73 bits per heavy atom. The number of aromatic nitrogens is 2. The fourth-order valence-corrected chi connectivity index (χ4v) is 4.57. The van der Waals surface area contributed by atoms with Crippen molar-refractivity contribution in [1.82, 2.24) is 15.3 Å². The molecule has 0 radical (unpaired) electrons. The minimum Gasteiger partial charge on any atom is -0.349 e. The molecule has 0 aliphatic carbocycles. The fourth-order valence-electron chi connectivity index (χ4n) is 2.44. The molecule has 1 amide bonds. The molecule has 0 saturated heterocycles. The fraction of sp³-hybridized carbons (Fsp3) is 0.176. The van der Waals surface area contributed by atoms with Crippen molar-refractivity contribution >= 4 is 39.2 Å². The monoisotopic (exact) mass is 386 g/mol. The third-order valence-corrected chi connectivity index (χ3v) is 6.13. The van der Waals surface area contributed by atoms with Gasteiger partial charge in [0, 0.05) is 0 Å². The van der Waals surface area contributed by atoms with Crippen LogP contribution in [0.15, 0.2) is 44.1 Å². The number of rotatable bonds is 5. The van der Waals surface area contributed by atoms with Gasteiger partial charge in [-0.15, -0.1) is 23.1 Å². The summed E-state index contributed by atoms with van der Waals surface area (Å²) in [6, 6.07) is 11.4. The van der Waals surface area contributed by atoms with Gasteiger partial charge < -0.3 is 10.3 Å². The lowest BCUT2D eigenvalue weighted by atomic mass is 10.1. The minimum atomic E-state index is -0.664. The van der Waals surface area contributed by atoms with Crippen LogP contribution in [0, 0.1) is 11.3 Å². The molecule has 0 bridgehead atoms. The van der Waals surface area contributed by atoms with Gasteiger partial charge in [0.1, 0.15) is 16.3 Å². The van der Waals surface area contributed by atoms with E-state index in [0.29, 0.717) is 4.21 Å². The molecule has 7 nitrogen and oxygen atoms in total. The van der Waals surface area contributed by atoms with Gasteiger partial charge in [-0.25, -0.2) is 4.79 Å². The summed E-state index contributed by atoms with van der Waals surface area (Å²) in [4.78, 5) is 40.1. The van der Waals surface area contributed by atoms with E-state index in [2.05, 4.69) is 15.3 Å². The van der Waals surface area contributed by atoms with Crippen LogP contribution in [0.4, 0.5) is 0 Å². The number of nitrogens with one attached hydrogen (secondary N) is 3. The standard InChI is InChI=1S/C17H14N4O3S2/c1-9(10-5-3-2-4-6-10)19-12(22)8-25-16-11(7-18)13-14(26-16)15(23)21-17(24)20-13/h2-6,9H,8H2,1H3,(H,19,22)(H2,20,21,23,24)/t9-/m0/s1. The van der Waals surface area contributed by atoms with Crippen LogP contribution < -0.4 is 16.6 Å². The summed E-state index contributed by atoms with van der Waals surface area (Å²) < 4.78 is 0.791. The summed E-state index contributed by atoms with van der Waals surface area (Å²) in [6.45, 7) is 1.89. The number of carbonyl (C=O) groups excluding carboxylic acids is 1. The molecule has 3 rings (SSSR count). The van der Waals surface area contributed by atoms with Crippen molar-refractivity contribution in [3.63, 3.8) is 0 Å². The van der Waals surface area contributed by atoms with E-state index in [0.717, 1.165) is 16.9 Å². The number of nitriles is 1. The topological polar surface area (TPSA) is 119 Å². The molecular formula is C17H14N4O3S2. The highest BCUT2D eigenvalue weighted by molar-refractivity contribution is 8.02. The second-order valence-electron chi connectivity index (χ2n) is 5.48. The predicted molar refractivity (Wildman–Crippen MR) is 102 cm³/mol. The average molecular weight is 386 g/mol. The number of thiophene rings is 1. The molecule has 0 saturated carbocycles. The van der Waals surface area contributed by atoms with Crippen molar-refractivity contribution in [3.8, 4) is 6.07 Å². The Morgan fingerprint density at radius 2 is 2.04 bits per heavy atom. The minimum absolute atomic E-state index is 0.0980. The number of aromatic amines is 2. The van der Waals surface area contributed by atoms with Crippen LogP contribution >= 0.6 is 23.1 Å². The van der Waals surface area contributed by atoms with E-state index >= 15 is 0 Å². The lowest BCUT2D eigenvalue weighted by molar-refractivity contribution is -0.119. The first-order valence-corrected chi connectivity index (χ1v) is 9.46. The Labute approximate surface area is 156 Å². The first-order chi connectivity index (χ1) is 12.5. The van der Waals surface area contributed by atoms with E-state index in [9.17, 15) is 19.6 Å². The van der Waals surface area contributed by atoms with E-state index in [1.165, 1.54) is 11.8 Å². The number of fused-ring (bicyclic) bond motifs is 1. The van der Waals surface area contributed by atoms with E-state index in [4.69, 9.17) is 0 Å². The first-order valence-electron chi connectivity index (χ1n) is 7.66.